The van der Waals surface area contributed by atoms with E-state index in [1.165, 1.54) is 44.1 Å². The molecule has 0 amide bonds. The van der Waals surface area contributed by atoms with Crippen LogP contribution in [0.5, 0.6) is 0 Å². The molecule has 0 aliphatic heterocycles. The maximum atomic E-state index is 4.24. The summed E-state index contributed by atoms with van der Waals surface area (Å²) in [5, 5.41) is 0. The maximum absolute atomic E-state index is 4.24. The average molecular weight is 178 g/mol. The second kappa shape index (κ2) is 3.15. The van der Waals surface area contributed by atoms with E-state index in [4.69, 9.17) is 0 Å². The molecule has 0 aromatic rings. The van der Waals surface area contributed by atoms with Gasteiger partial charge in [0.05, 0.1) is 0 Å². The van der Waals surface area contributed by atoms with Gasteiger partial charge in [-0.05, 0) is 62.7 Å². The highest BCUT2D eigenvalue weighted by molar-refractivity contribution is 5.14. The first kappa shape index (κ1) is 9.30. The fraction of sp³-hybridized carbons (Fsp3) is 0.846. The SMILES string of the molecule is C=C(C)C1(C2CC2)CCC(C)CC1. The smallest absolute Gasteiger partial charge is 0.00651 e. The van der Waals surface area contributed by atoms with Crippen LogP contribution in [0.3, 0.4) is 0 Å². The van der Waals surface area contributed by atoms with Crippen molar-refractivity contribution in [1.82, 2.24) is 0 Å². The van der Waals surface area contributed by atoms with Crippen LogP contribution in [0.15, 0.2) is 12.2 Å². The molecule has 2 saturated carbocycles. The highest BCUT2D eigenvalue weighted by Gasteiger charge is 2.46. The molecule has 0 heterocycles. The Bertz CT molecular complexity index is 202. The van der Waals surface area contributed by atoms with Crippen LogP contribution < -0.4 is 0 Å². The minimum absolute atomic E-state index is 0.576. The lowest BCUT2D eigenvalue weighted by molar-refractivity contribution is 0.169. The van der Waals surface area contributed by atoms with Crippen LogP contribution in [0, 0.1) is 17.3 Å². The van der Waals surface area contributed by atoms with Gasteiger partial charge >= 0.3 is 0 Å². The van der Waals surface area contributed by atoms with Crippen LogP contribution in [0.1, 0.15) is 52.4 Å². The highest BCUT2D eigenvalue weighted by atomic mass is 14.5. The Hall–Kier alpha value is -0.260. The van der Waals surface area contributed by atoms with Crippen molar-refractivity contribution >= 4 is 0 Å². The zero-order valence-corrected chi connectivity index (χ0v) is 9.10. The van der Waals surface area contributed by atoms with Gasteiger partial charge in [-0.15, -0.1) is 0 Å². The van der Waals surface area contributed by atoms with Gasteiger partial charge in [0.15, 0.2) is 0 Å². The molecule has 2 aliphatic carbocycles. The lowest BCUT2D eigenvalue weighted by Gasteiger charge is -2.40. The van der Waals surface area contributed by atoms with Gasteiger partial charge in [0.1, 0.15) is 0 Å². The van der Waals surface area contributed by atoms with E-state index < -0.39 is 0 Å². The number of hydrogen-bond acceptors (Lipinski definition) is 0. The Kier molecular flexibility index (Phi) is 2.25. The highest BCUT2D eigenvalue weighted by Crippen LogP contribution is 2.57. The van der Waals surface area contributed by atoms with Crippen molar-refractivity contribution in [1.29, 1.82) is 0 Å². The van der Waals surface area contributed by atoms with Gasteiger partial charge in [0.25, 0.3) is 0 Å². The lowest BCUT2D eigenvalue weighted by Crippen LogP contribution is -2.29. The van der Waals surface area contributed by atoms with Crippen molar-refractivity contribution in [3.63, 3.8) is 0 Å². The van der Waals surface area contributed by atoms with Crippen molar-refractivity contribution in [3.8, 4) is 0 Å². The molecule has 0 bridgehead atoms. The molecule has 2 rings (SSSR count). The summed E-state index contributed by atoms with van der Waals surface area (Å²) in [6.45, 7) is 8.89. The Labute approximate surface area is 82.4 Å². The van der Waals surface area contributed by atoms with Gasteiger partial charge in [-0.1, -0.05) is 19.1 Å². The van der Waals surface area contributed by atoms with E-state index in [2.05, 4.69) is 20.4 Å². The molecule has 0 aromatic heterocycles. The summed E-state index contributed by atoms with van der Waals surface area (Å²) < 4.78 is 0. The summed E-state index contributed by atoms with van der Waals surface area (Å²) in [5.74, 6) is 1.98. The van der Waals surface area contributed by atoms with Crippen molar-refractivity contribution < 1.29 is 0 Å². The third-order valence-corrected chi connectivity index (χ3v) is 4.38. The van der Waals surface area contributed by atoms with E-state index in [0.29, 0.717) is 5.41 Å². The molecule has 0 aromatic carbocycles. The second-order valence-corrected chi connectivity index (χ2v) is 5.39. The summed E-state index contributed by atoms with van der Waals surface area (Å²) in [6.07, 6.45) is 8.66. The molecule has 2 fully saturated rings. The van der Waals surface area contributed by atoms with Crippen LogP contribution in [0.4, 0.5) is 0 Å². The maximum Gasteiger partial charge on any atom is -0.00651 e. The van der Waals surface area contributed by atoms with Crippen molar-refractivity contribution in [2.45, 2.75) is 52.4 Å². The molecular formula is C13H22. The zero-order valence-electron chi connectivity index (χ0n) is 9.10. The largest absolute Gasteiger partial charge is 0.0996 e. The van der Waals surface area contributed by atoms with Crippen LogP contribution >= 0.6 is 0 Å². The van der Waals surface area contributed by atoms with Gasteiger partial charge in [-0.3, -0.25) is 0 Å². The minimum Gasteiger partial charge on any atom is -0.0996 e. The summed E-state index contributed by atoms with van der Waals surface area (Å²) in [7, 11) is 0. The summed E-state index contributed by atoms with van der Waals surface area (Å²) >= 11 is 0. The Morgan fingerprint density at radius 1 is 1.15 bits per heavy atom. The number of rotatable bonds is 2. The van der Waals surface area contributed by atoms with Crippen molar-refractivity contribution in [2.75, 3.05) is 0 Å². The van der Waals surface area contributed by atoms with Crippen molar-refractivity contribution in [3.05, 3.63) is 12.2 Å². The molecular weight excluding hydrogens is 156 g/mol. The monoisotopic (exact) mass is 178 g/mol. The standard InChI is InChI=1S/C13H22/c1-10(2)13(12-4-5-12)8-6-11(3)7-9-13/h11-12H,1,4-9H2,2-3H3. The summed E-state index contributed by atoms with van der Waals surface area (Å²) in [5.41, 5.74) is 2.05. The van der Waals surface area contributed by atoms with E-state index in [1.807, 2.05) is 0 Å². The Morgan fingerprint density at radius 2 is 1.69 bits per heavy atom. The molecule has 0 saturated heterocycles. The van der Waals surface area contributed by atoms with E-state index in [1.54, 1.807) is 0 Å². The van der Waals surface area contributed by atoms with Crippen LogP contribution in [0.25, 0.3) is 0 Å². The van der Waals surface area contributed by atoms with Crippen LogP contribution in [-0.4, -0.2) is 0 Å². The first-order chi connectivity index (χ1) is 6.15. The fourth-order valence-corrected chi connectivity index (χ4v) is 3.10. The van der Waals surface area contributed by atoms with Gasteiger partial charge in [-0.2, -0.15) is 0 Å². The number of hydrogen-bond donors (Lipinski definition) is 0. The molecule has 0 spiro atoms. The van der Waals surface area contributed by atoms with Gasteiger partial charge in [0, 0.05) is 0 Å². The molecule has 0 atom stereocenters. The molecule has 74 valence electrons. The Morgan fingerprint density at radius 3 is 2.08 bits per heavy atom. The minimum atomic E-state index is 0.576. The Balaban J connectivity index is 2.10. The topological polar surface area (TPSA) is 0 Å². The zero-order chi connectivity index (χ0) is 9.47. The second-order valence-electron chi connectivity index (χ2n) is 5.39. The van der Waals surface area contributed by atoms with E-state index in [0.717, 1.165) is 11.8 Å². The van der Waals surface area contributed by atoms with Gasteiger partial charge < -0.3 is 0 Å². The summed E-state index contributed by atoms with van der Waals surface area (Å²) in [6, 6.07) is 0. The fourth-order valence-electron chi connectivity index (χ4n) is 3.10. The van der Waals surface area contributed by atoms with Crippen LogP contribution in [-0.2, 0) is 0 Å². The third kappa shape index (κ3) is 1.56. The van der Waals surface area contributed by atoms with E-state index in [9.17, 15) is 0 Å². The van der Waals surface area contributed by atoms with Crippen molar-refractivity contribution in [2.24, 2.45) is 17.3 Å². The van der Waals surface area contributed by atoms with E-state index in [-0.39, 0.29) is 0 Å². The number of allylic oxidation sites excluding steroid dienone is 1. The predicted octanol–water partition coefficient (Wildman–Crippen LogP) is 4.17. The lowest BCUT2D eigenvalue weighted by atomic mass is 9.64. The molecule has 0 nitrogen and oxygen atoms in total. The van der Waals surface area contributed by atoms with Gasteiger partial charge in [-0.25, -0.2) is 0 Å². The molecule has 0 radical (unpaired) electrons. The van der Waals surface area contributed by atoms with Gasteiger partial charge in [0.2, 0.25) is 0 Å². The average Bonchev–Trinajstić information content (AvgIpc) is 2.88. The normalized spacial score (nSPS) is 40.3. The molecule has 0 unspecified atom stereocenters. The molecule has 0 N–H and O–H groups in total. The quantitative estimate of drug-likeness (QED) is 0.557. The molecule has 13 heavy (non-hydrogen) atoms. The van der Waals surface area contributed by atoms with E-state index >= 15 is 0 Å². The third-order valence-electron chi connectivity index (χ3n) is 4.38. The first-order valence-corrected chi connectivity index (χ1v) is 5.81. The molecule has 0 heteroatoms. The predicted molar refractivity (Wildman–Crippen MR) is 57.6 cm³/mol. The summed E-state index contributed by atoms with van der Waals surface area (Å²) in [4.78, 5) is 0. The molecule has 2 aliphatic rings. The van der Waals surface area contributed by atoms with Crippen LogP contribution in [0.2, 0.25) is 0 Å². The first-order valence-electron chi connectivity index (χ1n) is 5.81.